The third-order valence-electron chi connectivity index (χ3n) is 4.54. The van der Waals surface area contributed by atoms with Crippen LogP contribution in [0, 0.1) is 6.92 Å². The van der Waals surface area contributed by atoms with Crippen molar-refractivity contribution in [3.8, 4) is 0 Å². The van der Waals surface area contributed by atoms with Gasteiger partial charge < -0.3 is 9.67 Å². The summed E-state index contributed by atoms with van der Waals surface area (Å²) in [5.41, 5.74) is 5.10. The number of aliphatic carboxylic acids is 1. The third kappa shape index (κ3) is 3.84. The number of nitrogens with zero attached hydrogens (tertiary/aromatic N) is 4. The standard InChI is InChI=1S/C21H20N4O2S/c1-14-6-4-7-15(12-14)13-25-17-9-3-2-8-16(17)19-20(25)22-21(24-23-19)28-11-5-10-18(26)27/h2-4,6-9,12H,5,10-11,13H2,1H3,(H,26,27). The van der Waals surface area contributed by atoms with Crippen LogP contribution in [0.25, 0.3) is 22.1 Å². The fourth-order valence-corrected chi connectivity index (χ4v) is 4.01. The van der Waals surface area contributed by atoms with Crippen molar-refractivity contribution in [2.24, 2.45) is 0 Å². The van der Waals surface area contributed by atoms with Gasteiger partial charge in [0.05, 0.1) is 5.52 Å². The molecule has 0 unspecified atom stereocenters. The van der Waals surface area contributed by atoms with Crippen LogP contribution in [-0.4, -0.2) is 36.6 Å². The number of hydrogen-bond acceptors (Lipinski definition) is 5. The van der Waals surface area contributed by atoms with E-state index in [1.54, 1.807) is 0 Å². The molecule has 142 valence electrons. The van der Waals surface area contributed by atoms with Crippen LogP contribution in [0.15, 0.2) is 53.7 Å². The molecule has 0 saturated carbocycles. The number of carboxylic acids is 1. The van der Waals surface area contributed by atoms with Crippen LogP contribution in [0.3, 0.4) is 0 Å². The normalized spacial score (nSPS) is 11.3. The molecule has 2 heterocycles. The van der Waals surface area contributed by atoms with Crippen molar-refractivity contribution in [3.05, 3.63) is 59.7 Å². The van der Waals surface area contributed by atoms with E-state index >= 15 is 0 Å². The Balaban J connectivity index is 1.72. The molecule has 28 heavy (non-hydrogen) atoms. The minimum Gasteiger partial charge on any atom is -0.481 e. The highest BCUT2D eigenvalue weighted by molar-refractivity contribution is 7.99. The van der Waals surface area contributed by atoms with E-state index in [1.165, 1.54) is 22.9 Å². The van der Waals surface area contributed by atoms with Crippen molar-refractivity contribution in [1.29, 1.82) is 0 Å². The topological polar surface area (TPSA) is 80.9 Å². The number of fused-ring (bicyclic) bond motifs is 3. The third-order valence-corrected chi connectivity index (χ3v) is 5.47. The van der Waals surface area contributed by atoms with Gasteiger partial charge in [0.2, 0.25) is 5.16 Å². The van der Waals surface area contributed by atoms with E-state index in [0.29, 0.717) is 23.9 Å². The van der Waals surface area contributed by atoms with Crippen molar-refractivity contribution in [2.75, 3.05) is 5.75 Å². The van der Waals surface area contributed by atoms with Crippen LogP contribution < -0.4 is 0 Å². The molecule has 2 aromatic heterocycles. The van der Waals surface area contributed by atoms with Gasteiger partial charge in [0.1, 0.15) is 5.52 Å². The van der Waals surface area contributed by atoms with E-state index in [9.17, 15) is 4.79 Å². The first-order chi connectivity index (χ1) is 13.6. The molecule has 0 bridgehead atoms. The van der Waals surface area contributed by atoms with Crippen LogP contribution in [-0.2, 0) is 11.3 Å². The Bertz CT molecular complexity index is 1160. The molecule has 4 aromatic rings. The van der Waals surface area contributed by atoms with E-state index in [1.807, 2.05) is 18.2 Å². The first-order valence-electron chi connectivity index (χ1n) is 9.13. The summed E-state index contributed by atoms with van der Waals surface area (Å²) in [6.45, 7) is 2.79. The molecular formula is C21H20N4O2S. The Morgan fingerprint density at radius 2 is 2.00 bits per heavy atom. The Morgan fingerprint density at radius 3 is 2.82 bits per heavy atom. The summed E-state index contributed by atoms with van der Waals surface area (Å²) in [5, 5.41) is 19.1. The van der Waals surface area contributed by atoms with Crippen LogP contribution in [0.5, 0.6) is 0 Å². The second kappa shape index (κ2) is 7.98. The van der Waals surface area contributed by atoms with E-state index in [0.717, 1.165) is 22.1 Å². The second-order valence-corrected chi connectivity index (χ2v) is 7.77. The zero-order chi connectivity index (χ0) is 19.5. The molecule has 0 amide bonds. The summed E-state index contributed by atoms with van der Waals surface area (Å²) in [5.74, 6) is -0.134. The lowest BCUT2D eigenvalue weighted by molar-refractivity contribution is -0.137. The van der Waals surface area contributed by atoms with E-state index in [-0.39, 0.29) is 6.42 Å². The van der Waals surface area contributed by atoms with Gasteiger partial charge in [-0.15, -0.1) is 10.2 Å². The van der Waals surface area contributed by atoms with Gasteiger partial charge in [0, 0.05) is 24.1 Å². The average molecular weight is 392 g/mol. The molecule has 0 fully saturated rings. The number of rotatable bonds is 7. The monoisotopic (exact) mass is 392 g/mol. The van der Waals surface area contributed by atoms with Crippen LogP contribution in [0.4, 0.5) is 0 Å². The van der Waals surface area contributed by atoms with Gasteiger partial charge in [0.25, 0.3) is 0 Å². The minimum atomic E-state index is -0.784. The molecule has 0 aliphatic carbocycles. The second-order valence-electron chi connectivity index (χ2n) is 6.70. The first kappa shape index (κ1) is 18.4. The zero-order valence-electron chi connectivity index (χ0n) is 15.5. The summed E-state index contributed by atoms with van der Waals surface area (Å²) < 4.78 is 2.18. The molecular weight excluding hydrogens is 372 g/mol. The fraction of sp³-hybridized carbons (Fsp3) is 0.238. The number of aryl methyl sites for hydroxylation is 1. The van der Waals surface area contributed by atoms with Crippen molar-refractivity contribution in [3.63, 3.8) is 0 Å². The summed E-state index contributed by atoms with van der Waals surface area (Å²) in [6.07, 6.45) is 0.726. The maximum Gasteiger partial charge on any atom is 0.303 e. The largest absolute Gasteiger partial charge is 0.481 e. The van der Waals surface area contributed by atoms with Gasteiger partial charge in [-0.25, -0.2) is 4.98 Å². The lowest BCUT2D eigenvalue weighted by atomic mass is 10.1. The van der Waals surface area contributed by atoms with Gasteiger partial charge >= 0.3 is 5.97 Å². The predicted molar refractivity (Wildman–Crippen MR) is 111 cm³/mol. The SMILES string of the molecule is Cc1cccc(Cn2c3ccccc3c3nnc(SCCCC(=O)O)nc32)c1. The fourth-order valence-electron chi connectivity index (χ4n) is 3.29. The van der Waals surface area contributed by atoms with Gasteiger partial charge in [-0.05, 0) is 25.0 Å². The Kier molecular flexibility index (Phi) is 5.25. The van der Waals surface area contributed by atoms with Gasteiger partial charge in [0.15, 0.2) is 5.65 Å². The number of aromatic nitrogens is 4. The van der Waals surface area contributed by atoms with Crippen LogP contribution in [0.1, 0.15) is 24.0 Å². The van der Waals surface area contributed by atoms with Gasteiger partial charge in [-0.2, -0.15) is 0 Å². The van der Waals surface area contributed by atoms with Gasteiger partial charge in [-0.3, -0.25) is 4.79 Å². The van der Waals surface area contributed by atoms with Gasteiger partial charge in [-0.1, -0.05) is 59.8 Å². The number of benzene rings is 2. The Labute approximate surface area is 166 Å². The number of para-hydroxylation sites is 1. The molecule has 0 radical (unpaired) electrons. The highest BCUT2D eigenvalue weighted by Crippen LogP contribution is 2.28. The van der Waals surface area contributed by atoms with Crippen LogP contribution in [0.2, 0.25) is 0 Å². The lowest BCUT2D eigenvalue weighted by Gasteiger charge is -2.08. The van der Waals surface area contributed by atoms with E-state index in [2.05, 4.69) is 52.0 Å². The highest BCUT2D eigenvalue weighted by atomic mass is 32.2. The molecule has 4 rings (SSSR count). The molecule has 0 saturated heterocycles. The number of thioether (sulfide) groups is 1. The molecule has 1 N–H and O–H groups in total. The summed E-state index contributed by atoms with van der Waals surface area (Å²) in [6, 6.07) is 16.6. The predicted octanol–water partition coefficient (Wildman–Crippen LogP) is 4.29. The van der Waals surface area contributed by atoms with Crippen molar-refractivity contribution < 1.29 is 9.90 Å². The van der Waals surface area contributed by atoms with Crippen LogP contribution >= 0.6 is 11.8 Å². The minimum absolute atomic E-state index is 0.149. The molecule has 0 spiro atoms. The maximum atomic E-state index is 10.7. The van der Waals surface area contributed by atoms with Crippen molar-refractivity contribution >= 4 is 39.8 Å². The number of hydrogen-bond donors (Lipinski definition) is 1. The molecule has 0 aliphatic rings. The number of carboxylic acid groups (broad SMARTS) is 1. The lowest BCUT2D eigenvalue weighted by Crippen LogP contribution is -2.03. The molecule has 7 heteroatoms. The number of carbonyl (C=O) groups is 1. The molecule has 2 aromatic carbocycles. The van der Waals surface area contributed by atoms with Crippen molar-refractivity contribution in [1.82, 2.24) is 19.7 Å². The summed E-state index contributed by atoms with van der Waals surface area (Å²) in [7, 11) is 0. The van der Waals surface area contributed by atoms with E-state index in [4.69, 9.17) is 10.1 Å². The van der Waals surface area contributed by atoms with Crippen molar-refractivity contribution in [2.45, 2.75) is 31.5 Å². The van der Waals surface area contributed by atoms with E-state index < -0.39 is 5.97 Å². The molecule has 0 aliphatic heterocycles. The smallest absolute Gasteiger partial charge is 0.303 e. The molecule has 6 nitrogen and oxygen atoms in total. The summed E-state index contributed by atoms with van der Waals surface area (Å²) >= 11 is 1.44. The summed E-state index contributed by atoms with van der Waals surface area (Å²) in [4.78, 5) is 15.4. The quantitative estimate of drug-likeness (QED) is 0.373. The Morgan fingerprint density at radius 1 is 1.14 bits per heavy atom. The molecule has 0 atom stereocenters. The zero-order valence-corrected chi connectivity index (χ0v) is 16.3. The Hall–Kier alpha value is -2.93. The first-order valence-corrected chi connectivity index (χ1v) is 10.1. The highest BCUT2D eigenvalue weighted by Gasteiger charge is 2.15. The maximum absolute atomic E-state index is 10.7. The average Bonchev–Trinajstić information content (AvgIpc) is 2.99.